The molecule has 0 heterocycles. The molecule has 0 spiro atoms. The number of hydrogen-bond acceptors (Lipinski definition) is 3. The molecule has 2 aliphatic carbocycles. The molecule has 0 aromatic heterocycles. The topological polar surface area (TPSA) is 52.6 Å². The van der Waals surface area contributed by atoms with Crippen molar-refractivity contribution in [3.63, 3.8) is 0 Å². The van der Waals surface area contributed by atoms with Gasteiger partial charge in [0.15, 0.2) is 0 Å². The van der Waals surface area contributed by atoms with Crippen molar-refractivity contribution < 1.29 is 9.90 Å². The van der Waals surface area contributed by atoms with Gasteiger partial charge in [-0.05, 0) is 46.1 Å². The highest BCUT2D eigenvalue weighted by Gasteiger charge is 2.38. The second kappa shape index (κ2) is 6.23. The summed E-state index contributed by atoms with van der Waals surface area (Å²) in [7, 11) is 2.15. The first kappa shape index (κ1) is 14.8. The Balaban J connectivity index is 1.81. The lowest BCUT2D eigenvalue weighted by atomic mass is 9.93. The summed E-state index contributed by atoms with van der Waals surface area (Å²) in [5.74, 6) is -0.712. The molecule has 2 rings (SSSR count). The quantitative estimate of drug-likeness (QED) is 0.743. The van der Waals surface area contributed by atoms with E-state index in [2.05, 4.69) is 17.3 Å². The lowest BCUT2D eigenvalue weighted by molar-refractivity contribution is -0.144. The maximum Gasteiger partial charge on any atom is 0.323 e. The standard InChI is InChI=1S/C15H28N2O2/c1-15(14(18)19,16-12-8-9-12)10-11-17(2)13-6-4-3-5-7-13/h12-13,16H,3-11H2,1-2H3,(H,18,19). The average Bonchev–Trinajstić information content (AvgIpc) is 3.20. The number of rotatable bonds is 7. The van der Waals surface area contributed by atoms with Crippen molar-refractivity contribution in [2.45, 2.75) is 75.9 Å². The Morgan fingerprint density at radius 2 is 1.89 bits per heavy atom. The van der Waals surface area contributed by atoms with Gasteiger partial charge in [-0.25, -0.2) is 0 Å². The van der Waals surface area contributed by atoms with Crippen LogP contribution in [0.2, 0.25) is 0 Å². The van der Waals surface area contributed by atoms with Gasteiger partial charge in [-0.2, -0.15) is 0 Å². The molecule has 0 radical (unpaired) electrons. The van der Waals surface area contributed by atoms with E-state index in [4.69, 9.17) is 0 Å². The zero-order valence-electron chi connectivity index (χ0n) is 12.3. The van der Waals surface area contributed by atoms with E-state index in [9.17, 15) is 9.90 Å². The Kier molecular flexibility index (Phi) is 4.85. The van der Waals surface area contributed by atoms with E-state index in [0.29, 0.717) is 18.5 Å². The minimum atomic E-state index is -0.760. The molecule has 110 valence electrons. The number of carboxylic acids is 1. The van der Waals surface area contributed by atoms with Crippen LogP contribution in [0.5, 0.6) is 0 Å². The van der Waals surface area contributed by atoms with E-state index in [-0.39, 0.29) is 0 Å². The van der Waals surface area contributed by atoms with Gasteiger partial charge < -0.3 is 10.0 Å². The number of aliphatic carboxylic acids is 1. The molecule has 4 heteroatoms. The van der Waals surface area contributed by atoms with Crippen molar-refractivity contribution in [1.29, 1.82) is 0 Å². The fourth-order valence-electron chi connectivity index (χ4n) is 3.02. The zero-order chi connectivity index (χ0) is 13.9. The first-order valence-corrected chi connectivity index (χ1v) is 7.72. The predicted octanol–water partition coefficient (Wildman–Crippen LogP) is 2.24. The van der Waals surface area contributed by atoms with E-state index in [1.807, 2.05) is 6.92 Å². The zero-order valence-corrected chi connectivity index (χ0v) is 12.3. The van der Waals surface area contributed by atoms with E-state index in [0.717, 1.165) is 19.4 Å². The van der Waals surface area contributed by atoms with Crippen LogP contribution in [0.25, 0.3) is 0 Å². The van der Waals surface area contributed by atoms with Crippen LogP contribution in [0.15, 0.2) is 0 Å². The summed E-state index contributed by atoms with van der Waals surface area (Å²) in [6.45, 7) is 2.70. The summed E-state index contributed by atoms with van der Waals surface area (Å²) < 4.78 is 0. The molecule has 0 bridgehead atoms. The number of nitrogens with zero attached hydrogens (tertiary/aromatic N) is 1. The highest BCUT2D eigenvalue weighted by atomic mass is 16.4. The number of carbonyl (C=O) groups is 1. The fraction of sp³-hybridized carbons (Fsp3) is 0.933. The van der Waals surface area contributed by atoms with Crippen molar-refractivity contribution in [3.05, 3.63) is 0 Å². The minimum Gasteiger partial charge on any atom is -0.480 e. The lowest BCUT2D eigenvalue weighted by Gasteiger charge is -2.34. The molecule has 19 heavy (non-hydrogen) atoms. The molecule has 0 aromatic rings. The Hall–Kier alpha value is -0.610. The van der Waals surface area contributed by atoms with Crippen LogP contribution in [-0.2, 0) is 4.79 Å². The molecule has 1 unspecified atom stereocenters. The molecule has 2 saturated carbocycles. The predicted molar refractivity (Wildman–Crippen MR) is 76.3 cm³/mol. The Morgan fingerprint density at radius 1 is 1.26 bits per heavy atom. The van der Waals surface area contributed by atoms with Crippen LogP contribution < -0.4 is 5.32 Å². The molecule has 1 atom stereocenters. The molecule has 4 nitrogen and oxygen atoms in total. The van der Waals surface area contributed by atoms with E-state index in [1.165, 1.54) is 32.1 Å². The summed E-state index contributed by atoms with van der Waals surface area (Å²) >= 11 is 0. The maximum absolute atomic E-state index is 11.5. The van der Waals surface area contributed by atoms with Crippen LogP contribution in [0.1, 0.15) is 58.3 Å². The van der Waals surface area contributed by atoms with Gasteiger partial charge in [0.1, 0.15) is 5.54 Å². The van der Waals surface area contributed by atoms with Gasteiger partial charge in [-0.1, -0.05) is 19.3 Å². The van der Waals surface area contributed by atoms with Crippen LogP contribution >= 0.6 is 0 Å². The Labute approximate surface area is 116 Å². The molecule has 2 fully saturated rings. The summed E-state index contributed by atoms with van der Waals surface area (Å²) in [5, 5.41) is 12.8. The smallest absolute Gasteiger partial charge is 0.323 e. The van der Waals surface area contributed by atoms with Crippen molar-refractivity contribution >= 4 is 5.97 Å². The summed E-state index contributed by atoms with van der Waals surface area (Å²) in [4.78, 5) is 13.9. The maximum atomic E-state index is 11.5. The Morgan fingerprint density at radius 3 is 2.42 bits per heavy atom. The molecule has 2 aliphatic rings. The first-order valence-electron chi connectivity index (χ1n) is 7.72. The van der Waals surface area contributed by atoms with Crippen molar-refractivity contribution in [2.75, 3.05) is 13.6 Å². The van der Waals surface area contributed by atoms with Crippen molar-refractivity contribution in [1.82, 2.24) is 10.2 Å². The van der Waals surface area contributed by atoms with Crippen molar-refractivity contribution in [3.8, 4) is 0 Å². The highest BCUT2D eigenvalue weighted by Crippen LogP contribution is 2.26. The Bertz CT molecular complexity index is 311. The van der Waals surface area contributed by atoms with Crippen LogP contribution in [0.3, 0.4) is 0 Å². The molecule has 0 amide bonds. The van der Waals surface area contributed by atoms with E-state index >= 15 is 0 Å². The molecule has 2 N–H and O–H groups in total. The van der Waals surface area contributed by atoms with Gasteiger partial charge in [0.05, 0.1) is 0 Å². The second-order valence-corrected chi connectivity index (χ2v) is 6.58. The number of hydrogen-bond donors (Lipinski definition) is 2. The van der Waals surface area contributed by atoms with Gasteiger partial charge in [-0.15, -0.1) is 0 Å². The lowest BCUT2D eigenvalue weighted by Crippen LogP contribution is -2.52. The normalized spacial score (nSPS) is 24.4. The van der Waals surface area contributed by atoms with Gasteiger partial charge in [0.2, 0.25) is 0 Å². The third kappa shape index (κ3) is 4.18. The average molecular weight is 268 g/mol. The van der Waals surface area contributed by atoms with Gasteiger partial charge in [0, 0.05) is 18.6 Å². The molecule has 0 aliphatic heterocycles. The molecule has 0 saturated heterocycles. The fourth-order valence-corrected chi connectivity index (χ4v) is 3.02. The number of nitrogens with one attached hydrogen (secondary N) is 1. The summed E-state index contributed by atoms with van der Waals surface area (Å²) in [6.07, 6.45) is 9.50. The third-order valence-electron chi connectivity index (χ3n) is 4.73. The van der Waals surface area contributed by atoms with E-state index < -0.39 is 11.5 Å². The molecular formula is C15H28N2O2. The van der Waals surface area contributed by atoms with Gasteiger partial charge in [-0.3, -0.25) is 10.1 Å². The summed E-state index contributed by atoms with van der Waals surface area (Å²) in [5.41, 5.74) is -0.760. The van der Waals surface area contributed by atoms with Gasteiger partial charge >= 0.3 is 5.97 Å². The molecular weight excluding hydrogens is 240 g/mol. The third-order valence-corrected chi connectivity index (χ3v) is 4.73. The number of carboxylic acid groups (broad SMARTS) is 1. The van der Waals surface area contributed by atoms with Gasteiger partial charge in [0.25, 0.3) is 0 Å². The highest BCUT2D eigenvalue weighted by molar-refractivity contribution is 5.78. The summed E-state index contributed by atoms with van der Waals surface area (Å²) in [6, 6.07) is 1.09. The monoisotopic (exact) mass is 268 g/mol. The molecule has 0 aromatic carbocycles. The van der Waals surface area contributed by atoms with Crippen LogP contribution in [-0.4, -0.2) is 47.2 Å². The minimum absolute atomic E-state index is 0.432. The first-order chi connectivity index (χ1) is 9.01. The largest absolute Gasteiger partial charge is 0.480 e. The van der Waals surface area contributed by atoms with Crippen LogP contribution in [0.4, 0.5) is 0 Å². The second-order valence-electron chi connectivity index (χ2n) is 6.58. The SMILES string of the molecule is CN(CCC(C)(NC1CC1)C(=O)O)C1CCCCC1. The van der Waals surface area contributed by atoms with Crippen LogP contribution in [0, 0.1) is 0 Å². The van der Waals surface area contributed by atoms with Crippen molar-refractivity contribution in [2.24, 2.45) is 0 Å². The van der Waals surface area contributed by atoms with E-state index in [1.54, 1.807) is 0 Å².